The Morgan fingerprint density at radius 2 is 2.11 bits per heavy atom. The monoisotopic (exact) mass is 324 g/mol. The van der Waals surface area contributed by atoms with Crippen molar-refractivity contribution in [1.82, 2.24) is 10.2 Å². The van der Waals surface area contributed by atoms with Gasteiger partial charge in [0.05, 0.1) is 0 Å². The number of nitrogens with one attached hydrogen (secondary N) is 1. The Morgan fingerprint density at radius 3 is 2.79 bits per heavy atom. The molecule has 0 aromatic heterocycles. The molecule has 1 N–H and O–H groups in total. The van der Waals surface area contributed by atoms with Crippen molar-refractivity contribution >= 4 is 15.9 Å². The van der Waals surface area contributed by atoms with Crippen molar-refractivity contribution in [3.05, 3.63) is 34.3 Å². The van der Waals surface area contributed by atoms with E-state index in [1.165, 1.54) is 22.9 Å². The lowest BCUT2D eigenvalue weighted by atomic mass is 9.88. The van der Waals surface area contributed by atoms with Crippen molar-refractivity contribution in [1.29, 1.82) is 0 Å². The minimum Gasteiger partial charge on any atom is -0.312 e. The highest BCUT2D eigenvalue weighted by atomic mass is 79.9. The number of hydrogen-bond acceptors (Lipinski definition) is 2. The minimum atomic E-state index is 0.282. The van der Waals surface area contributed by atoms with Gasteiger partial charge in [0.1, 0.15) is 0 Å². The summed E-state index contributed by atoms with van der Waals surface area (Å²) in [7, 11) is 2.27. The Bertz CT molecular complexity index is 417. The van der Waals surface area contributed by atoms with Crippen molar-refractivity contribution in [2.75, 3.05) is 20.1 Å². The summed E-state index contributed by atoms with van der Waals surface area (Å²) in [6, 6.07) is 9.24. The zero-order valence-electron chi connectivity index (χ0n) is 12.2. The first-order valence-corrected chi connectivity index (χ1v) is 7.96. The van der Waals surface area contributed by atoms with Crippen LogP contribution in [0.3, 0.4) is 0 Å². The first-order chi connectivity index (χ1) is 8.98. The van der Waals surface area contributed by atoms with E-state index in [0.717, 1.165) is 19.5 Å². The largest absolute Gasteiger partial charge is 0.312 e. The van der Waals surface area contributed by atoms with E-state index in [9.17, 15) is 0 Å². The zero-order chi connectivity index (χ0) is 13.9. The van der Waals surface area contributed by atoms with Crippen LogP contribution in [0.2, 0.25) is 0 Å². The lowest BCUT2D eigenvalue weighted by Crippen LogP contribution is -2.52. The van der Waals surface area contributed by atoms with Crippen LogP contribution in [0.1, 0.15) is 32.3 Å². The van der Waals surface area contributed by atoms with Crippen LogP contribution in [0.15, 0.2) is 28.7 Å². The van der Waals surface area contributed by atoms with Gasteiger partial charge < -0.3 is 10.2 Å². The van der Waals surface area contributed by atoms with Crippen LogP contribution in [-0.4, -0.2) is 36.6 Å². The normalized spacial score (nSPS) is 22.7. The highest BCUT2D eigenvalue weighted by Crippen LogP contribution is 2.23. The summed E-state index contributed by atoms with van der Waals surface area (Å²) in [6.07, 6.45) is 3.61. The van der Waals surface area contributed by atoms with Gasteiger partial charge in [-0.15, -0.1) is 0 Å². The highest BCUT2D eigenvalue weighted by Gasteiger charge is 2.29. The van der Waals surface area contributed by atoms with Gasteiger partial charge in [-0.3, -0.25) is 0 Å². The van der Waals surface area contributed by atoms with Gasteiger partial charge in [-0.1, -0.05) is 34.1 Å². The zero-order valence-corrected chi connectivity index (χ0v) is 13.8. The van der Waals surface area contributed by atoms with Gasteiger partial charge >= 0.3 is 0 Å². The molecule has 1 saturated heterocycles. The Hall–Kier alpha value is -0.380. The minimum absolute atomic E-state index is 0.282. The molecule has 0 amide bonds. The molecule has 1 aromatic carbocycles. The van der Waals surface area contributed by atoms with Gasteiger partial charge in [0.2, 0.25) is 0 Å². The van der Waals surface area contributed by atoms with Crippen molar-refractivity contribution in [3.63, 3.8) is 0 Å². The third kappa shape index (κ3) is 4.30. The number of likely N-dealkylation sites (N-methyl/N-ethyl adjacent to an activating group) is 1. The van der Waals surface area contributed by atoms with Gasteiger partial charge in [-0.2, -0.15) is 0 Å². The van der Waals surface area contributed by atoms with Crippen molar-refractivity contribution < 1.29 is 0 Å². The van der Waals surface area contributed by atoms with E-state index in [4.69, 9.17) is 0 Å². The fourth-order valence-corrected chi connectivity index (χ4v) is 3.38. The summed E-state index contributed by atoms with van der Waals surface area (Å²) < 4.78 is 1.23. The fourth-order valence-electron chi connectivity index (χ4n) is 2.90. The molecule has 0 aliphatic carbocycles. The molecule has 1 unspecified atom stereocenters. The maximum Gasteiger partial charge on any atom is 0.0207 e. The average Bonchev–Trinajstić information content (AvgIpc) is 2.36. The van der Waals surface area contributed by atoms with Crippen molar-refractivity contribution in [3.8, 4) is 0 Å². The quantitative estimate of drug-likeness (QED) is 0.912. The van der Waals surface area contributed by atoms with Crippen LogP contribution >= 0.6 is 15.9 Å². The molecule has 1 aliphatic heterocycles. The van der Waals surface area contributed by atoms with Gasteiger partial charge in [-0.25, -0.2) is 0 Å². The van der Waals surface area contributed by atoms with Crippen LogP contribution in [0.4, 0.5) is 0 Å². The molecule has 0 saturated carbocycles. The molecule has 19 heavy (non-hydrogen) atoms. The summed E-state index contributed by atoms with van der Waals surface area (Å²) in [5.41, 5.74) is 1.69. The van der Waals surface area contributed by atoms with Crippen LogP contribution in [0.5, 0.6) is 0 Å². The second kappa shape index (κ2) is 6.38. The van der Waals surface area contributed by atoms with E-state index >= 15 is 0 Å². The molecule has 1 aromatic rings. The third-order valence-corrected chi connectivity index (χ3v) is 4.92. The highest BCUT2D eigenvalue weighted by molar-refractivity contribution is 9.10. The Kier molecular flexibility index (Phi) is 5.04. The van der Waals surface area contributed by atoms with Crippen LogP contribution < -0.4 is 5.32 Å². The molecule has 3 heteroatoms. The number of hydrogen-bond donors (Lipinski definition) is 1. The van der Waals surface area contributed by atoms with Crippen LogP contribution in [-0.2, 0) is 6.42 Å². The average molecular weight is 325 g/mol. The summed E-state index contributed by atoms with van der Waals surface area (Å²) in [6.45, 7) is 6.88. The lowest BCUT2D eigenvalue weighted by Gasteiger charge is -2.40. The maximum atomic E-state index is 3.63. The number of benzene rings is 1. The summed E-state index contributed by atoms with van der Waals surface area (Å²) in [5.74, 6) is 0. The van der Waals surface area contributed by atoms with E-state index in [1.54, 1.807) is 0 Å². The molecule has 0 bridgehead atoms. The topological polar surface area (TPSA) is 15.3 Å². The molecular formula is C16H25BrN2. The van der Waals surface area contributed by atoms with Crippen molar-refractivity contribution in [2.24, 2.45) is 0 Å². The summed E-state index contributed by atoms with van der Waals surface area (Å²) in [4.78, 5) is 2.53. The molecule has 1 atom stereocenters. The molecule has 1 aliphatic rings. The van der Waals surface area contributed by atoms with Crippen molar-refractivity contribution in [2.45, 2.75) is 44.7 Å². The predicted octanol–water partition coefficient (Wildman–Crippen LogP) is 3.45. The smallest absolute Gasteiger partial charge is 0.0207 e. The number of piperidine rings is 1. The molecule has 2 nitrogen and oxygen atoms in total. The maximum absolute atomic E-state index is 3.63. The van der Waals surface area contributed by atoms with Gasteiger partial charge in [0.25, 0.3) is 0 Å². The van der Waals surface area contributed by atoms with Gasteiger partial charge in [0.15, 0.2) is 0 Å². The third-order valence-electron chi connectivity index (χ3n) is 4.14. The van der Waals surface area contributed by atoms with E-state index in [0.29, 0.717) is 6.04 Å². The molecule has 0 radical (unpaired) electrons. The van der Waals surface area contributed by atoms with E-state index in [1.807, 2.05) is 0 Å². The molecule has 2 rings (SSSR count). The molecule has 0 spiro atoms. The fraction of sp³-hybridized carbons (Fsp3) is 0.625. The molecule has 1 fully saturated rings. The number of halogens is 1. The first-order valence-electron chi connectivity index (χ1n) is 7.17. The van der Waals surface area contributed by atoms with Gasteiger partial charge in [0, 0.05) is 22.6 Å². The van der Waals surface area contributed by atoms with E-state index < -0.39 is 0 Å². The Morgan fingerprint density at radius 1 is 1.37 bits per heavy atom. The Balaban J connectivity index is 1.87. The number of nitrogens with zero attached hydrogens (tertiary/aromatic N) is 1. The number of rotatable bonds is 4. The molecule has 1 heterocycles. The second-order valence-electron chi connectivity index (χ2n) is 6.28. The SMILES string of the molecule is CN(CCc1ccccc1Br)C1CCNC(C)(C)C1. The van der Waals surface area contributed by atoms with Gasteiger partial charge in [-0.05, 0) is 58.3 Å². The summed E-state index contributed by atoms with van der Waals surface area (Å²) in [5, 5.41) is 3.59. The standard InChI is InChI=1S/C16H25BrN2/c1-16(2)12-14(8-10-18-16)19(3)11-9-13-6-4-5-7-15(13)17/h4-7,14,18H,8-12H2,1-3H3. The predicted molar refractivity (Wildman–Crippen MR) is 85.6 cm³/mol. The van der Waals surface area contributed by atoms with Crippen LogP contribution in [0, 0.1) is 0 Å². The van der Waals surface area contributed by atoms with E-state index in [-0.39, 0.29) is 5.54 Å². The second-order valence-corrected chi connectivity index (χ2v) is 7.13. The molecule has 106 valence electrons. The molecular weight excluding hydrogens is 300 g/mol. The van der Waals surface area contributed by atoms with Crippen LogP contribution in [0.25, 0.3) is 0 Å². The summed E-state index contributed by atoms with van der Waals surface area (Å²) >= 11 is 3.63. The first kappa shape index (κ1) is 15.0. The Labute approximate surface area is 125 Å². The lowest BCUT2D eigenvalue weighted by molar-refractivity contribution is 0.145. The van der Waals surface area contributed by atoms with E-state index in [2.05, 4.69) is 71.3 Å².